The molecular weight excluding hydrogens is 344 g/mol. The van der Waals surface area contributed by atoms with Gasteiger partial charge in [-0.25, -0.2) is 0 Å². The predicted molar refractivity (Wildman–Crippen MR) is 105 cm³/mol. The molecule has 1 aliphatic rings. The number of benzene rings is 1. The Bertz CT molecular complexity index is 609. The molecule has 2 amide bonds. The minimum Gasteiger partial charge on any atom is -0.376 e. The van der Waals surface area contributed by atoms with E-state index < -0.39 is 6.10 Å². The highest BCUT2D eigenvalue weighted by Gasteiger charge is 2.26. The molecule has 0 saturated carbocycles. The van der Waals surface area contributed by atoms with Gasteiger partial charge in [-0.3, -0.25) is 9.59 Å². The first kappa shape index (κ1) is 21.4. The molecule has 2 N–H and O–H groups in total. The van der Waals surface area contributed by atoms with Crippen LogP contribution >= 0.6 is 0 Å². The number of hydrogen-bond donors (Lipinski definition) is 2. The molecule has 0 aliphatic carbocycles. The monoisotopic (exact) mass is 376 g/mol. The first-order chi connectivity index (χ1) is 12.9. The average Bonchev–Trinajstić information content (AvgIpc) is 3.15. The Labute approximate surface area is 162 Å². The largest absolute Gasteiger partial charge is 0.376 e. The normalized spacial score (nSPS) is 18.9. The molecule has 0 bridgehead atoms. The van der Waals surface area contributed by atoms with Crippen LogP contribution in [0.1, 0.15) is 58.6 Å². The maximum absolute atomic E-state index is 12.7. The van der Waals surface area contributed by atoms with Crippen molar-refractivity contribution in [3.05, 3.63) is 29.8 Å². The van der Waals surface area contributed by atoms with Gasteiger partial charge in [-0.2, -0.15) is 0 Å². The lowest BCUT2D eigenvalue weighted by Crippen LogP contribution is -2.42. The van der Waals surface area contributed by atoms with E-state index in [1.54, 1.807) is 0 Å². The second kappa shape index (κ2) is 10.4. The minimum atomic E-state index is -0.500. The van der Waals surface area contributed by atoms with Crippen molar-refractivity contribution >= 4 is 17.5 Å². The molecule has 6 nitrogen and oxygen atoms in total. The van der Waals surface area contributed by atoms with Crippen molar-refractivity contribution in [1.82, 2.24) is 5.32 Å². The molecule has 1 aliphatic heterocycles. The van der Waals surface area contributed by atoms with Crippen molar-refractivity contribution in [2.24, 2.45) is 5.92 Å². The van der Waals surface area contributed by atoms with Crippen molar-refractivity contribution in [2.75, 3.05) is 18.5 Å². The van der Waals surface area contributed by atoms with Crippen molar-refractivity contribution in [1.29, 1.82) is 0 Å². The lowest BCUT2D eigenvalue weighted by atomic mass is 10.0. The van der Waals surface area contributed by atoms with Gasteiger partial charge in [-0.15, -0.1) is 0 Å². The lowest BCUT2D eigenvalue weighted by molar-refractivity contribution is -0.139. The Kier molecular flexibility index (Phi) is 8.25. The predicted octanol–water partition coefficient (Wildman–Crippen LogP) is 3.43. The quantitative estimate of drug-likeness (QED) is 0.692. The van der Waals surface area contributed by atoms with Crippen LogP contribution in [-0.4, -0.2) is 37.2 Å². The molecule has 6 heteroatoms. The van der Waals surface area contributed by atoms with E-state index >= 15 is 0 Å². The van der Waals surface area contributed by atoms with Gasteiger partial charge in [0.15, 0.2) is 0 Å². The number of hydrogen-bond acceptors (Lipinski definition) is 4. The third kappa shape index (κ3) is 6.63. The maximum Gasteiger partial charge on any atom is 0.249 e. The topological polar surface area (TPSA) is 76.7 Å². The molecule has 150 valence electrons. The van der Waals surface area contributed by atoms with Crippen LogP contribution in [0.5, 0.6) is 0 Å². The molecule has 1 aromatic carbocycles. The van der Waals surface area contributed by atoms with E-state index in [0.717, 1.165) is 30.7 Å². The van der Waals surface area contributed by atoms with Crippen LogP contribution in [-0.2, 0) is 19.1 Å². The highest BCUT2D eigenvalue weighted by molar-refractivity contribution is 5.90. The molecule has 1 heterocycles. The summed E-state index contributed by atoms with van der Waals surface area (Å²) in [5.74, 6) is -0.0589. The van der Waals surface area contributed by atoms with E-state index in [1.165, 1.54) is 0 Å². The number of amides is 2. The molecule has 3 atom stereocenters. The Morgan fingerprint density at radius 3 is 2.48 bits per heavy atom. The summed E-state index contributed by atoms with van der Waals surface area (Å²) in [5, 5.41) is 5.85. The van der Waals surface area contributed by atoms with Crippen molar-refractivity contribution in [2.45, 2.75) is 65.2 Å². The summed E-state index contributed by atoms with van der Waals surface area (Å²) in [5.41, 5.74) is 1.73. The zero-order valence-corrected chi connectivity index (χ0v) is 16.8. The van der Waals surface area contributed by atoms with Crippen molar-refractivity contribution in [3.63, 3.8) is 0 Å². The summed E-state index contributed by atoms with van der Waals surface area (Å²) in [7, 11) is 0. The van der Waals surface area contributed by atoms with E-state index in [4.69, 9.17) is 9.47 Å². The first-order valence-electron chi connectivity index (χ1n) is 9.84. The van der Waals surface area contributed by atoms with Gasteiger partial charge in [-0.1, -0.05) is 32.9 Å². The summed E-state index contributed by atoms with van der Waals surface area (Å²) in [6.45, 7) is 8.95. The molecule has 2 rings (SSSR count). The van der Waals surface area contributed by atoms with E-state index in [0.29, 0.717) is 13.0 Å². The Hall–Kier alpha value is -1.92. The molecule has 0 spiro atoms. The highest BCUT2D eigenvalue weighted by atomic mass is 16.5. The second-order valence-corrected chi connectivity index (χ2v) is 7.39. The van der Waals surface area contributed by atoms with Crippen LogP contribution in [0.3, 0.4) is 0 Å². The second-order valence-electron chi connectivity index (χ2n) is 7.39. The summed E-state index contributed by atoms with van der Waals surface area (Å²) in [6, 6.07) is 7.36. The van der Waals surface area contributed by atoms with Crippen LogP contribution in [0.15, 0.2) is 24.3 Å². The fourth-order valence-corrected chi connectivity index (χ4v) is 3.04. The fraction of sp³-hybridized carbons (Fsp3) is 0.619. The maximum atomic E-state index is 12.7. The van der Waals surface area contributed by atoms with Gasteiger partial charge in [0.2, 0.25) is 11.8 Å². The Morgan fingerprint density at radius 2 is 1.93 bits per heavy atom. The SMILES string of the molecule is CCC(=O)Nc1ccc([C@H](C)NC(=O)[C@H](OC[C@H]2CCCO2)C(C)C)cc1. The van der Waals surface area contributed by atoms with Crippen molar-refractivity contribution in [3.8, 4) is 0 Å². The van der Waals surface area contributed by atoms with Gasteiger partial charge in [0.1, 0.15) is 6.10 Å². The highest BCUT2D eigenvalue weighted by Crippen LogP contribution is 2.19. The molecule has 0 radical (unpaired) electrons. The van der Waals surface area contributed by atoms with E-state index in [2.05, 4.69) is 10.6 Å². The Balaban J connectivity index is 1.90. The van der Waals surface area contributed by atoms with Crippen LogP contribution < -0.4 is 10.6 Å². The van der Waals surface area contributed by atoms with Crippen LogP contribution in [0, 0.1) is 5.92 Å². The standard InChI is InChI=1S/C21H32N2O4/c1-5-19(24)23-17-10-8-16(9-11-17)15(4)22-21(25)20(14(2)3)27-13-18-7-6-12-26-18/h8-11,14-15,18,20H,5-7,12-13H2,1-4H3,(H,22,25)(H,23,24)/t15-,18+,20+/m0/s1. The van der Waals surface area contributed by atoms with Crippen LogP contribution in [0.25, 0.3) is 0 Å². The number of carbonyl (C=O) groups excluding carboxylic acids is 2. The summed E-state index contributed by atoms with van der Waals surface area (Å²) < 4.78 is 11.5. The van der Waals surface area contributed by atoms with Gasteiger partial charge in [0.05, 0.1) is 18.8 Å². The molecular formula is C21H32N2O4. The van der Waals surface area contributed by atoms with Crippen LogP contribution in [0.2, 0.25) is 0 Å². The zero-order valence-electron chi connectivity index (χ0n) is 16.8. The van der Waals surface area contributed by atoms with E-state index in [9.17, 15) is 9.59 Å². The van der Waals surface area contributed by atoms with Gasteiger partial charge < -0.3 is 20.1 Å². The smallest absolute Gasteiger partial charge is 0.249 e. The average molecular weight is 376 g/mol. The number of rotatable bonds is 9. The van der Waals surface area contributed by atoms with Gasteiger partial charge in [-0.05, 0) is 43.4 Å². The lowest BCUT2D eigenvalue weighted by Gasteiger charge is -2.24. The van der Waals surface area contributed by atoms with Crippen molar-refractivity contribution < 1.29 is 19.1 Å². The first-order valence-corrected chi connectivity index (χ1v) is 9.84. The van der Waals surface area contributed by atoms with E-state index in [-0.39, 0.29) is 29.9 Å². The summed E-state index contributed by atoms with van der Waals surface area (Å²) in [6.07, 6.45) is 2.08. The van der Waals surface area contributed by atoms with Gasteiger partial charge in [0.25, 0.3) is 0 Å². The third-order valence-corrected chi connectivity index (χ3v) is 4.72. The zero-order chi connectivity index (χ0) is 19.8. The molecule has 27 heavy (non-hydrogen) atoms. The number of anilines is 1. The summed E-state index contributed by atoms with van der Waals surface area (Å²) in [4.78, 5) is 24.1. The molecule has 1 aromatic rings. The Morgan fingerprint density at radius 1 is 1.22 bits per heavy atom. The third-order valence-electron chi connectivity index (χ3n) is 4.72. The minimum absolute atomic E-state index is 0.0210. The number of ether oxygens (including phenoxy) is 2. The molecule has 0 unspecified atom stereocenters. The van der Waals surface area contributed by atoms with Crippen LogP contribution in [0.4, 0.5) is 5.69 Å². The van der Waals surface area contributed by atoms with Gasteiger partial charge in [0, 0.05) is 18.7 Å². The summed E-state index contributed by atoms with van der Waals surface area (Å²) >= 11 is 0. The number of nitrogens with one attached hydrogen (secondary N) is 2. The van der Waals surface area contributed by atoms with E-state index in [1.807, 2.05) is 52.0 Å². The van der Waals surface area contributed by atoms with Gasteiger partial charge >= 0.3 is 0 Å². The fourth-order valence-electron chi connectivity index (χ4n) is 3.04. The molecule has 0 aromatic heterocycles. The molecule has 1 saturated heterocycles. The molecule has 1 fully saturated rings. The number of carbonyl (C=O) groups is 2.